The summed E-state index contributed by atoms with van der Waals surface area (Å²) in [7, 11) is 0. The summed E-state index contributed by atoms with van der Waals surface area (Å²) in [6.45, 7) is 1.38. The second kappa shape index (κ2) is 9.16. The van der Waals surface area contributed by atoms with Crippen LogP contribution in [0.5, 0.6) is 17.2 Å². The summed E-state index contributed by atoms with van der Waals surface area (Å²) in [4.78, 5) is 11.2. The summed E-state index contributed by atoms with van der Waals surface area (Å²) >= 11 is 12.5. The van der Waals surface area contributed by atoms with Crippen molar-refractivity contribution >= 4 is 34.8 Å². The number of hydrogen-bond donors (Lipinski definition) is 2. The van der Waals surface area contributed by atoms with Crippen LogP contribution in [0, 0.1) is 0 Å². The van der Waals surface area contributed by atoms with Crippen LogP contribution in [0.15, 0.2) is 66.0 Å². The van der Waals surface area contributed by atoms with E-state index in [1.54, 1.807) is 18.2 Å². The average molecular weight is 434 g/mol. The molecule has 1 amide bonds. The van der Waals surface area contributed by atoms with Gasteiger partial charge in [-0.2, -0.15) is 0 Å². The first-order valence-electron chi connectivity index (χ1n) is 8.80. The highest BCUT2D eigenvalue weighted by atomic mass is 35.5. The molecule has 7 heteroatoms. The van der Waals surface area contributed by atoms with E-state index in [-0.39, 0.29) is 33.3 Å². The van der Waals surface area contributed by atoms with Gasteiger partial charge in [0.05, 0.1) is 10.0 Å². The van der Waals surface area contributed by atoms with Crippen molar-refractivity contribution in [3.05, 3.63) is 81.6 Å². The lowest BCUT2D eigenvalue weighted by Crippen LogP contribution is -2.05. The maximum atomic E-state index is 13.7. The third-order valence-electron chi connectivity index (χ3n) is 4.12. The summed E-state index contributed by atoms with van der Waals surface area (Å²) in [5, 5.41) is 13.2. The van der Waals surface area contributed by atoms with Crippen molar-refractivity contribution in [3.63, 3.8) is 0 Å². The number of benzene rings is 2. The summed E-state index contributed by atoms with van der Waals surface area (Å²) in [5.41, 5.74) is 1.85. The fourth-order valence-corrected chi connectivity index (χ4v) is 3.43. The van der Waals surface area contributed by atoms with Gasteiger partial charge in [-0.25, -0.2) is 4.39 Å². The quantitative estimate of drug-likeness (QED) is 0.549. The second-order valence-corrected chi connectivity index (χ2v) is 7.32. The lowest BCUT2D eigenvalue weighted by Gasteiger charge is -2.14. The van der Waals surface area contributed by atoms with Crippen molar-refractivity contribution in [2.45, 2.75) is 19.8 Å². The van der Waals surface area contributed by atoms with Crippen LogP contribution in [0.4, 0.5) is 10.1 Å². The first-order valence-corrected chi connectivity index (χ1v) is 9.55. The van der Waals surface area contributed by atoms with Gasteiger partial charge in [-0.05, 0) is 55.3 Å². The molecule has 3 rings (SSSR count). The van der Waals surface area contributed by atoms with Crippen molar-refractivity contribution in [3.8, 4) is 17.2 Å². The third kappa shape index (κ3) is 5.62. The summed E-state index contributed by atoms with van der Waals surface area (Å²) in [5.74, 6) is 0.134. The van der Waals surface area contributed by atoms with Crippen molar-refractivity contribution in [1.82, 2.24) is 0 Å². The van der Waals surface area contributed by atoms with Gasteiger partial charge < -0.3 is 15.2 Å². The number of nitrogens with one attached hydrogen (secondary N) is 1. The normalized spacial score (nSPS) is 13.4. The Balaban J connectivity index is 1.84. The zero-order valence-corrected chi connectivity index (χ0v) is 17.0. The van der Waals surface area contributed by atoms with E-state index in [1.165, 1.54) is 37.3 Å². The number of amides is 1. The van der Waals surface area contributed by atoms with E-state index < -0.39 is 0 Å². The van der Waals surface area contributed by atoms with E-state index in [2.05, 4.69) is 5.32 Å². The van der Waals surface area contributed by atoms with Crippen LogP contribution < -0.4 is 10.1 Å². The molecule has 0 radical (unpaired) electrons. The van der Waals surface area contributed by atoms with Crippen molar-refractivity contribution < 1.29 is 19.0 Å². The Hall–Kier alpha value is -2.76. The third-order valence-corrected chi connectivity index (χ3v) is 4.68. The molecule has 150 valence electrons. The number of halogens is 3. The summed E-state index contributed by atoms with van der Waals surface area (Å²) < 4.78 is 19.5. The topological polar surface area (TPSA) is 58.6 Å². The molecule has 0 aromatic heterocycles. The molecule has 0 spiro atoms. The SMILES string of the molecule is CC(=O)Nc1cc(Cl)c(Oc2ccc(O)c(CC3=CC(F)=CC=CC3)c2)c(Cl)c1. The number of phenols is 1. The maximum absolute atomic E-state index is 13.7. The van der Waals surface area contributed by atoms with E-state index in [1.807, 2.05) is 6.08 Å². The molecule has 0 unspecified atom stereocenters. The maximum Gasteiger partial charge on any atom is 0.221 e. The fourth-order valence-electron chi connectivity index (χ4n) is 2.87. The molecule has 0 saturated carbocycles. The molecule has 0 fully saturated rings. The van der Waals surface area contributed by atoms with Gasteiger partial charge in [0.15, 0.2) is 5.75 Å². The first kappa shape index (κ1) is 21.0. The largest absolute Gasteiger partial charge is 0.508 e. The first-order chi connectivity index (χ1) is 13.8. The molecule has 2 aromatic rings. The molecule has 29 heavy (non-hydrogen) atoms. The van der Waals surface area contributed by atoms with E-state index in [9.17, 15) is 14.3 Å². The molecule has 4 nitrogen and oxygen atoms in total. The predicted octanol–water partition coefficient (Wildman–Crippen LogP) is 6.73. The van der Waals surface area contributed by atoms with Crippen LogP contribution in [-0.4, -0.2) is 11.0 Å². The van der Waals surface area contributed by atoms with E-state index in [4.69, 9.17) is 27.9 Å². The molecule has 0 atom stereocenters. The zero-order valence-electron chi connectivity index (χ0n) is 15.5. The van der Waals surface area contributed by atoms with Crippen LogP contribution in [0.25, 0.3) is 0 Å². The van der Waals surface area contributed by atoms with Crippen molar-refractivity contribution in [1.29, 1.82) is 0 Å². The molecule has 1 aliphatic rings. The summed E-state index contributed by atoms with van der Waals surface area (Å²) in [6.07, 6.45) is 7.30. The molecule has 0 bridgehead atoms. The van der Waals surface area contributed by atoms with Gasteiger partial charge in [0.2, 0.25) is 5.91 Å². The Morgan fingerprint density at radius 1 is 1.24 bits per heavy atom. The highest BCUT2D eigenvalue weighted by molar-refractivity contribution is 6.37. The van der Waals surface area contributed by atoms with Gasteiger partial charge >= 0.3 is 0 Å². The van der Waals surface area contributed by atoms with Crippen LogP contribution in [-0.2, 0) is 11.2 Å². The number of carbonyl (C=O) groups is 1. The van der Waals surface area contributed by atoms with Crippen LogP contribution in [0.2, 0.25) is 10.0 Å². The number of rotatable bonds is 5. The Labute approximate surface area is 177 Å². The lowest BCUT2D eigenvalue weighted by molar-refractivity contribution is -0.114. The van der Waals surface area contributed by atoms with Crippen LogP contribution in [0.1, 0.15) is 18.9 Å². The Kier molecular flexibility index (Phi) is 6.62. The van der Waals surface area contributed by atoms with Gasteiger partial charge in [0.1, 0.15) is 17.3 Å². The number of allylic oxidation sites excluding steroid dienone is 6. The smallest absolute Gasteiger partial charge is 0.221 e. The minimum absolute atomic E-state index is 0.0778. The second-order valence-electron chi connectivity index (χ2n) is 6.51. The van der Waals surface area contributed by atoms with Crippen molar-refractivity contribution in [2.24, 2.45) is 0 Å². The van der Waals surface area contributed by atoms with Crippen LogP contribution in [0.3, 0.4) is 0 Å². The highest BCUT2D eigenvalue weighted by Crippen LogP contribution is 2.40. The van der Waals surface area contributed by atoms with Gasteiger partial charge in [0, 0.05) is 18.2 Å². The molecule has 0 heterocycles. The molecular formula is C22H18Cl2FNO3. The lowest BCUT2D eigenvalue weighted by atomic mass is 10.0. The molecule has 0 aliphatic heterocycles. The number of ether oxygens (including phenoxy) is 1. The number of carbonyl (C=O) groups excluding carboxylic acids is 1. The predicted molar refractivity (Wildman–Crippen MR) is 114 cm³/mol. The number of phenolic OH excluding ortho intramolecular Hbond substituents is 1. The number of anilines is 1. The van der Waals surface area contributed by atoms with Crippen molar-refractivity contribution in [2.75, 3.05) is 5.32 Å². The van der Waals surface area contributed by atoms with E-state index >= 15 is 0 Å². The minimum Gasteiger partial charge on any atom is -0.508 e. The number of aromatic hydroxyl groups is 1. The number of hydrogen-bond acceptors (Lipinski definition) is 3. The zero-order chi connectivity index (χ0) is 21.0. The van der Waals surface area contributed by atoms with E-state index in [0.717, 1.165) is 5.57 Å². The van der Waals surface area contributed by atoms with Crippen LogP contribution >= 0.6 is 23.2 Å². The molecule has 2 aromatic carbocycles. The van der Waals surface area contributed by atoms with E-state index in [0.29, 0.717) is 29.8 Å². The molecule has 1 aliphatic carbocycles. The minimum atomic E-state index is -0.335. The highest BCUT2D eigenvalue weighted by Gasteiger charge is 2.14. The van der Waals surface area contributed by atoms with Gasteiger partial charge in [-0.15, -0.1) is 0 Å². The Morgan fingerprint density at radius 2 is 1.97 bits per heavy atom. The molecule has 0 saturated heterocycles. The standard InChI is InChI=1S/C22H18Cl2FNO3/c1-13(27)26-17-11-19(23)22(20(24)12-17)29-18-6-7-21(28)15(10-18)8-14-4-2-3-5-16(25)9-14/h2-3,5-7,9-12,28H,4,8H2,1H3,(H,26,27). The molecular weight excluding hydrogens is 416 g/mol. The summed E-state index contributed by atoms with van der Waals surface area (Å²) in [6, 6.07) is 7.79. The van der Waals surface area contributed by atoms with Gasteiger partial charge in [-0.3, -0.25) is 4.79 Å². The Morgan fingerprint density at radius 3 is 2.66 bits per heavy atom. The molecule has 2 N–H and O–H groups in total. The fraction of sp³-hybridized carbons (Fsp3) is 0.136. The van der Waals surface area contributed by atoms with Gasteiger partial charge in [0.25, 0.3) is 0 Å². The van der Waals surface area contributed by atoms with Gasteiger partial charge in [-0.1, -0.05) is 40.9 Å². The average Bonchev–Trinajstić information content (AvgIpc) is 2.84. The monoisotopic (exact) mass is 433 g/mol. The Bertz CT molecular complexity index is 1020.